The van der Waals surface area contributed by atoms with Crippen LogP contribution < -0.4 is 0 Å². The molecule has 0 saturated heterocycles. The minimum atomic E-state index is -0.562. The molecule has 0 amide bonds. The van der Waals surface area contributed by atoms with Crippen LogP contribution in [0.5, 0.6) is 0 Å². The van der Waals surface area contributed by atoms with E-state index in [1.54, 1.807) is 0 Å². The summed E-state index contributed by atoms with van der Waals surface area (Å²) in [6.07, 6.45) is 13.2. The predicted molar refractivity (Wildman–Crippen MR) is 92.8 cm³/mol. The lowest BCUT2D eigenvalue weighted by Crippen LogP contribution is -2.15. The summed E-state index contributed by atoms with van der Waals surface area (Å²) >= 11 is 0. The van der Waals surface area contributed by atoms with E-state index in [4.69, 9.17) is 4.74 Å². The number of ether oxygens (including phenoxy) is 1. The molecule has 0 spiro atoms. The Labute approximate surface area is 137 Å². The number of carbonyl (C=O) groups excluding carboxylic acids is 1. The van der Waals surface area contributed by atoms with Crippen LogP contribution in [0.1, 0.15) is 84.5 Å². The zero-order chi connectivity index (χ0) is 16.6. The third-order valence-corrected chi connectivity index (χ3v) is 3.83. The topological polar surface area (TPSA) is 46.5 Å². The maximum absolute atomic E-state index is 11.3. The molecule has 3 heteroatoms. The second kappa shape index (κ2) is 15.1. The van der Waals surface area contributed by atoms with Gasteiger partial charge in [0, 0.05) is 0 Å². The first-order chi connectivity index (χ1) is 10.6. The van der Waals surface area contributed by atoms with E-state index in [9.17, 15) is 9.90 Å². The second-order valence-corrected chi connectivity index (χ2v) is 6.63. The van der Waals surface area contributed by atoms with Crippen LogP contribution in [0, 0.1) is 5.92 Å². The Bertz CT molecular complexity index is 274. The molecule has 0 aliphatic carbocycles. The SMILES string of the molecule is C=CCOC(=O)C[C@H](O)CCCCCCCCCCC(C)C. The van der Waals surface area contributed by atoms with Gasteiger partial charge in [0.1, 0.15) is 6.61 Å². The molecule has 0 saturated carbocycles. The summed E-state index contributed by atoms with van der Waals surface area (Å²) in [6, 6.07) is 0. The van der Waals surface area contributed by atoms with E-state index >= 15 is 0 Å². The van der Waals surface area contributed by atoms with E-state index in [-0.39, 0.29) is 19.0 Å². The third kappa shape index (κ3) is 15.6. The van der Waals surface area contributed by atoms with Crippen LogP contribution in [0.2, 0.25) is 0 Å². The summed E-state index contributed by atoms with van der Waals surface area (Å²) < 4.78 is 4.85. The highest BCUT2D eigenvalue weighted by atomic mass is 16.5. The number of carbonyl (C=O) groups is 1. The molecule has 0 aliphatic heterocycles. The fourth-order valence-corrected chi connectivity index (χ4v) is 2.50. The summed E-state index contributed by atoms with van der Waals surface area (Å²) in [5.41, 5.74) is 0. The number of rotatable bonds is 15. The molecule has 0 aromatic carbocycles. The maximum atomic E-state index is 11.3. The number of aliphatic hydroxyl groups excluding tert-OH is 1. The van der Waals surface area contributed by atoms with E-state index < -0.39 is 6.10 Å². The Morgan fingerprint density at radius 1 is 1.00 bits per heavy atom. The first-order valence-electron chi connectivity index (χ1n) is 9.00. The molecule has 1 atom stereocenters. The molecular weight excluding hydrogens is 276 g/mol. The first kappa shape index (κ1) is 21.2. The second-order valence-electron chi connectivity index (χ2n) is 6.63. The fourth-order valence-electron chi connectivity index (χ4n) is 2.50. The summed E-state index contributed by atoms with van der Waals surface area (Å²) in [4.78, 5) is 11.3. The van der Waals surface area contributed by atoms with Crippen molar-refractivity contribution in [1.82, 2.24) is 0 Å². The van der Waals surface area contributed by atoms with Crippen molar-refractivity contribution in [1.29, 1.82) is 0 Å². The molecule has 3 nitrogen and oxygen atoms in total. The Balaban J connectivity index is 3.28. The molecule has 130 valence electrons. The van der Waals surface area contributed by atoms with Crippen LogP contribution in [0.25, 0.3) is 0 Å². The molecule has 1 N–H and O–H groups in total. The molecular formula is C19H36O3. The van der Waals surface area contributed by atoms with Crippen LogP contribution in [-0.2, 0) is 9.53 Å². The highest BCUT2D eigenvalue weighted by Crippen LogP contribution is 2.14. The van der Waals surface area contributed by atoms with Crippen molar-refractivity contribution < 1.29 is 14.6 Å². The fraction of sp³-hybridized carbons (Fsp3) is 0.842. The lowest BCUT2D eigenvalue weighted by atomic mass is 10.0. The van der Waals surface area contributed by atoms with Crippen molar-refractivity contribution in [2.75, 3.05) is 6.61 Å². The molecule has 0 bridgehead atoms. The Hall–Kier alpha value is -0.830. The first-order valence-corrected chi connectivity index (χ1v) is 9.00. The number of unbranched alkanes of at least 4 members (excludes halogenated alkanes) is 7. The smallest absolute Gasteiger partial charge is 0.308 e. The minimum Gasteiger partial charge on any atom is -0.461 e. The van der Waals surface area contributed by atoms with Crippen molar-refractivity contribution in [3.63, 3.8) is 0 Å². The minimum absolute atomic E-state index is 0.101. The van der Waals surface area contributed by atoms with Crippen molar-refractivity contribution >= 4 is 5.97 Å². The number of esters is 1. The van der Waals surface area contributed by atoms with Crippen molar-refractivity contribution in [3.8, 4) is 0 Å². The Morgan fingerprint density at radius 3 is 2.00 bits per heavy atom. The van der Waals surface area contributed by atoms with Gasteiger partial charge in [-0.15, -0.1) is 0 Å². The third-order valence-electron chi connectivity index (χ3n) is 3.83. The van der Waals surface area contributed by atoms with Crippen LogP contribution in [0.3, 0.4) is 0 Å². The van der Waals surface area contributed by atoms with E-state index in [0.717, 1.165) is 18.8 Å². The van der Waals surface area contributed by atoms with Crippen molar-refractivity contribution in [2.45, 2.75) is 90.6 Å². The molecule has 0 fully saturated rings. The lowest BCUT2D eigenvalue weighted by molar-refractivity contribution is -0.144. The van der Waals surface area contributed by atoms with Gasteiger partial charge in [-0.2, -0.15) is 0 Å². The van der Waals surface area contributed by atoms with Crippen molar-refractivity contribution in [3.05, 3.63) is 12.7 Å². The van der Waals surface area contributed by atoms with E-state index in [1.807, 2.05) is 0 Å². The number of aliphatic hydroxyl groups is 1. The monoisotopic (exact) mass is 312 g/mol. The predicted octanol–water partition coefficient (Wildman–Crippen LogP) is 5.02. The summed E-state index contributed by atoms with van der Waals surface area (Å²) in [5, 5.41) is 9.74. The average molecular weight is 312 g/mol. The van der Waals surface area contributed by atoms with Gasteiger partial charge in [0.15, 0.2) is 0 Å². The average Bonchev–Trinajstić information content (AvgIpc) is 2.46. The number of hydrogen-bond acceptors (Lipinski definition) is 3. The quantitative estimate of drug-likeness (QED) is 0.262. The Kier molecular flexibility index (Phi) is 14.5. The van der Waals surface area contributed by atoms with Gasteiger partial charge >= 0.3 is 5.97 Å². The van der Waals surface area contributed by atoms with Crippen LogP contribution in [0.4, 0.5) is 0 Å². The van der Waals surface area contributed by atoms with E-state index in [1.165, 1.54) is 51.0 Å². The van der Waals surface area contributed by atoms with Crippen LogP contribution in [0.15, 0.2) is 12.7 Å². The van der Waals surface area contributed by atoms with Crippen LogP contribution in [-0.4, -0.2) is 23.8 Å². The molecule has 22 heavy (non-hydrogen) atoms. The van der Waals surface area contributed by atoms with E-state index in [0.29, 0.717) is 6.42 Å². The molecule has 0 rings (SSSR count). The van der Waals surface area contributed by atoms with Gasteiger partial charge in [0.25, 0.3) is 0 Å². The summed E-state index contributed by atoms with van der Waals surface area (Å²) in [7, 11) is 0. The zero-order valence-corrected chi connectivity index (χ0v) is 14.7. The van der Waals surface area contributed by atoms with Gasteiger partial charge in [0.2, 0.25) is 0 Å². The number of hydrogen-bond donors (Lipinski definition) is 1. The largest absolute Gasteiger partial charge is 0.461 e. The van der Waals surface area contributed by atoms with Gasteiger partial charge in [-0.1, -0.05) is 84.3 Å². The van der Waals surface area contributed by atoms with E-state index in [2.05, 4.69) is 20.4 Å². The zero-order valence-electron chi connectivity index (χ0n) is 14.7. The molecule has 0 radical (unpaired) electrons. The molecule has 0 aliphatic rings. The normalized spacial score (nSPS) is 12.4. The lowest BCUT2D eigenvalue weighted by Gasteiger charge is -2.09. The van der Waals surface area contributed by atoms with Gasteiger partial charge < -0.3 is 9.84 Å². The summed E-state index contributed by atoms with van der Waals surface area (Å²) in [6.45, 7) is 8.28. The van der Waals surface area contributed by atoms with Crippen LogP contribution >= 0.6 is 0 Å². The molecule has 0 heterocycles. The van der Waals surface area contributed by atoms with Crippen molar-refractivity contribution in [2.24, 2.45) is 5.92 Å². The highest BCUT2D eigenvalue weighted by Gasteiger charge is 2.11. The highest BCUT2D eigenvalue weighted by molar-refractivity contribution is 5.69. The van der Waals surface area contributed by atoms with Gasteiger partial charge in [-0.3, -0.25) is 4.79 Å². The molecule has 0 aromatic heterocycles. The Morgan fingerprint density at radius 2 is 1.50 bits per heavy atom. The maximum Gasteiger partial charge on any atom is 0.308 e. The van der Waals surface area contributed by atoms with Gasteiger partial charge in [-0.05, 0) is 12.3 Å². The standard InChI is InChI=1S/C19H36O3/c1-4-15-22-19(21)16-18(20)14-12-10-8-6-5-7-9-11-13-17(2)3/h4,17-18,20H,1,5-16H2,2-3H3/t18-/m1/s1. The molecule has 0 unspecified atom stereocenters. The van der Waals surface area contributed by atoms with Gasteiger partial charge in [-0.25, -0.2) is 0 Å². The van der Waals surface area contributed by atoms with Gasteiger partial charge in [0.05, 0.1) is 12.5 Å². The molecule has 0 aromatic rings. The summed E-state index contributed by atoms with van der Waals surface area (Å²) in [5.74, 6) is 0.495.